The summed E-state index contributed by atoms with van der Waals surface area (Å²) in [6.07, 6.45) is -5.06. The van der Waals surface area contributed by atoms with Gasteiger partial charge in [-0.15, -0.1) is 0 Å². The van der Waals surface area contributed by atoms with Gasteiger partial charge in [0.2, 0.25) is 0 Å². The van der Waals surface area contributed by atoms with Gasteiger partial charge in [-0.2, -0.15) is 0 Å². The van der Waals surface area contributed by atoms with Crippen LogP contribution in [0.25, 0.3) is 0 Å². The number of fused-ring (bicyclic) bond motifs is 1. The first kappa shape index (κ1) is 18.7. The molecule has 0 spiro atoms. The molecule has 9 nitrogen and oxygen atoms in total. The van der Waals surface area contributed by atoms with E-state index in [-0.39, 0.29) is 12.2 Å². The monoisotopic (exact) mass is 372 g/mol. The van der Waals surface area contributed by atoms with Crippen LogP contribution in [0.1, 0.15) is 32.6 Å². The standard InChI is InChI=1S/C16H21FN2O7/c1-7-5-19(15(22)18-13(7)21)14-12(24-8(2)20)10(17)11-9(25-14)6-23-16(3,4)26-11/h5,9-12,14H,6H2,1-4H3,(H,18,21,22)/t9-,10+,11-,12-,14-/m1/s1. The van der Waals surface area contributed by atoms with Gasteiger partial charge in [0.1, 0.15) is 12.2 Å². The van der Waals surface area contributed by atoms with Crippen molar-refractivity contribution < 1.29 is 28.1 Å². The van der Waals surface area contributed by atoms with Crippen molar-refractivity contribution in [2.75, 3.05) is 6.61 Å². The van der Waals surface area contributed by atoms with E-state index >= 15 is 4.39 Å². The number of carbonyl (C=O) groups excluding carboxylic acids is 1. The summed E-state index contributed by atoms with van der Waals surface area (Å²) in [5, 5.41) is 0. The molecule has 0 bridgehead atoms. The van der Waals surface area contributed by atoms with E-state index in [0.717, 1.165) is 11.5 Å². The molecular formula is C16H21FN2O7. The van der Waals surface area contributed by atoms with Gasteiger partial charge in [-0.3, -0.25) is 19.1 Å². The number of halogens is 1. The van der Waals surface area contributed by atoms with E-state index in [9.17, 15) is 14.4 Å². The first-order valence-electron chi connectivity index (χ1n) is 8.19. The minimum absolute atomic E-state index is 0.0401. The summed E-state index contributed by atoms with van der Waals surface area (Å²) in [5.74, 6) is -1.75. The first-order chi connectivity index (χ1) is 12.1. The summed E-state index contributed by atoms with van der Waals surface area (Å²) in [7, 11) is 0. The summed E-state index contributed by atoms with van der Waals surface area (Å²) < 4.78 is 38.2. The molecule has 26 heavy (non-hydrogen) atoms. The molecule has 3 rings (SSSR count). The Kier molecular flexibility index (Phi) is 4.76. The van der Waals surface area contributed by atoms with Crippen molar-refractivity contribution in [3.05, 3.63) is 32.6 Å². The molecule has 0 aromatic carbocycles. The molecule has 0 amide bonds. The Balaban J connectivity index is 2.01. The van der Waals surface area contributed by atoms with E-state index < -0.39 is 53.7 Å². The third-order valence-corrected chi connectivity index (χ3v) is 4.33. The lowest BCUT2D eigenvalue weighted by molar-refractivity contribution is -0.359. The molecule has 1 aromatic heterocycles. The van der Waals surface area contributed by atoms with Gasteiger partial charge in [-0.1, -0.05) is 0 Å². The highest BCUT2D eigenvalue weighted by atomic mass is 19.1. The van der Waals surface area contributed by atoms with Gasteiger partial charge in [0, 0.05) is 18.7 Å². The van der Waals surface area contributed by atoms with Crippen LogP contribution in [0.4, 0.5) is 4.39 Å². The predicted molar refractivity (Wildman–Crippen MR) is 85.3 cm³/mol. The van der Waals surface area contributed by atoms with Crippen molar-refractivity contribution in [2.24, 2.45) is 0 Å². The minimum atomic E-state index is -1.76. The van der Waals surface area contributed by atoms with Crippen LogP contribution < -0.4 is 11.2 Å². The predicted octanol–water partition coefficient (Wildman–Crippen LogP) is 0.164. The van der Waals surface area contributed by atoms with Gasteiger partial charge in [0.15, 0.2) is 24.3 Å². The number of rotatable bonds is 2. The molecule has 2 saturated heterocycles. The molecule has 10 heteroatoms. The Bertz CT molecular complexity index is 818. The number of carbonyl (C=O) groups is 1. The van der Waals surface area contributed by atoms with Crippen molar-refractivity contribution >= 4 is 5.97 Å². The Hall–Kier alpha value is -2.04. The lowest BCUT2D eigenvalue weighted by atomic mass is 9.97. The third-order valence-electron chi connectivity index (χ3n) is 4.33. The van der Waals surface area contributed by atoms with Crippen molar-refractivity contribution in [1.29, 1.82) is 0 Å². The molecule has 2 aliphatic heterocycles. The van der Waals surface area contributed by atoms with E-state index in [1.54, 1.807) is 13.8 Å². The van der Waals surface area contributed by atoms with Gasteiger partial charge >= 0.3 is 11.7 Å². The smallest absolute Gasteiger partial charge is 0.330 e. The average Bonchev–Trinajstić information content (AvgIpc) is 2.53. The highest BCUT2D eigenvalue weighted by molar-refractivity contribution is 5.66. The van der Waals surface area contributed by atoms with E-state index in [1.807, 2.05) is 0 Å². The fourth-order valence-corrected chi connectivity index (χ4v) is 3.12. The molecule has 2 aliphatic rings. The second kappa shape index (κ2) is 6.60. The normalized spacial score (nSPS) is 33.3. The van der Waals surface area contributed by atoms with Crippen LogP contribution in [0.5, 0.6) is 0 Å². The lowest BCUT2D eigenvalue weighted by Gasteiger charge is -2.48. The van der Waals surface area contributed by atoms with Crippen molar-refractivity contribution in [1.82, 2.24) is 9.55 Å². The summed E-state index contributed by atoms with van der Waals surface area (Å²) >= 11 is 0. The molecule has 2 fully saturated rings. The molecule has 0 saturated carbocycles. The molecule has 0 radical (unpaired) electrons. The highest BCUT2D eigenvalue weighted by Crippen LogP contribution is 2.38. The van der Waals surface area contributed by atoms with Gasteiger partial charge < -0.3 is 18.9 Å². The van der Waals surface area contributed by atoms with Crippen LogP contribution in [0.2, 0.25) is 0 Å². The Morgan fingerprint density at radius 3 is 2.77 bits per heavy atom. The minimum Gasteiger partial charge on any atom is -0.454 e. The van der Waals surface area contributed by atoms with E-state index in [4.69, 9.17) is 18.9 Å². The van der Waals surface area contributed by atoms with Crippen molar-refractivity contribution in [3.8, 4) is 0 Å². The van der Waals surface area contributed by atoms with Gasteiger partial charge in [0.25, 0.3) is 5.56 Å². The van der Waals surface area contributed by atoms with Gasteiger partial charge in [-0.25, -0.2) is 9.18 Å². The number of ether oxygens (including phenoxy) is 4. The molecular weight excluding hydrogens is 351 g/mol. The van der Waals surface area contributed by atoms with Crippen LogP contribution in [0, 0.1) is 6.92 Å². The number of hydrogen-bond acceptors (Lipinski definition) is 7. The SMILES string of the molecule is CC(=O)O[C@@H]1[C@@H](F)[C@@H]2OC(C)(C)OC[C@H]2O[C@H]1n1cc(C)c(=O)[nH]c1=O. The average molecular weight is 372 g/mol. The molecule has 0 unspecified atom stereocenters. The molecule has 1 N–H and O–H groups in total. The number of nitrogens with one attached hydrogen (secondary N) is 1. The lowest BCUT2D eigenvalue weighted by Crippen LogP contribution is -2.63. The number of aromatic amines is 1. The summed E-state index contributed by atoms with van der Waals surface area (Å²) in [6, 6.07) is 0. The number of aryl methyl sites for hydroxylation is 1. The fraction of sp³-hybridized carbons (Fsp3) is 0.688. The Morgan fingerprint density at radius 1 is 1.42 bits per heavy atom. The number of nitrogens with zero attached hydrogens (tertiary/aromatic N) is 1. The number of H-pyrrole nitrogens is 1. The van der Waals surface area contributed by atoms with E-state index in [2.05, 4.69) is 4.98 Å². The topological polar surface area (TPSA) is 109 Å². The number of alkyl halides is 1. The number of hydrogen-bond donors (Lipinski definition) is 1. The Morgan fingerprint density at radius 2 is 2.12 bits per heavy atom. The van der Waals surface area contributed by atoms with E-state index in [1.165, 1.54) is 13.1 Å². The van der Waals surface area contributed by atoms with Crippen LogP contribution in [0.3, 0.4) is 0 Å². The largest absolute Gasteiger partial charge is 0.454 e. The van der Waals surface area contributed by atoms with Gasteiger partial charge in [0.05, 0.1) is 6.61 Å². The number of esters is 1. The highest BCUT2D eigenvalue weighted by Gasteiger charge is 2.54. The maximum atomic E-state index is 15.2. The summed E-state index contributed by atoms with van der Waals surface area (Å²) in [4.78, 5) is 37.4. The van der Waals surface area contributed by atoms with Crippen LogP contribution in [0.15, 0.2) is 15.8 Å². The van der Waals surface area contributed by atoms with Crippen LogP contribution in [-0.4, -0.2) is 52.4 Å². The van der Waals surface area contributed by atoms with Crippen molar-refractivity contribution in [2.45, 2.75) is 64.2 Å². The third kappa shape index (κ3) is 3.44. The fourth-order valence-electron chi connectivity index (χ4n) is 3.12. The first-order valence-corrected chi connectivity index (χ1v) is 8.19. The maximum absolute atomic E-state index is 15.2. The van der Waals surface area contributed by atoms with Crippen LogP contribution in [-0.2, 0) is 23.7 Å². The van der Waals surface area contributed by atoms with E-state index in [0.29, 0.717) is 0 Å². The zero-order chi connectivity index (χ0) is 19.2. The molecule has 0 aliphatic carbocycles. The molecule has 3 heterocycles. The zero-order valence-electron chi connectivity index (χ0n) is 14.9. The van der Waals surface area contributed by atoms with Crippen molar-refractivity contribution in [3.63, 3.8) is 0 Å². The molecule has 1 aromatic rings. The maximum Gasteiger partial charge on any atom is 0.330 e. The molecule has 144 valence electrons. The zero-order valence-corrected chi connectivity index (χ0v) is 14.9. The summed E-state index contributed by atoms with van der Waals surface area (Å²) in [6.45, 7) is 5.94. The molecule has 5 atom stereocenters. The Labute approximate surface area is 148 Å². The summed E-state index contributed by atoms with van der Waals surface area (Å²) in [5.41, 5.74) is -1.14. The number of aromatic nitrogens is 2. The quantitative estimate of drug-likeness (QED) is 0.737. The van der Waals surface area contributed by atoms with Crippen LogP contribution >= 0.6 is 0 Å². The second-order valence-corrected chi connectivity index (χ2v) is 6.86. The second-order valence-electron chi connectivity index (χ2n) is 6.86. The van der Waals surface area contributed by atoms with Gasteiger partial charge in [-0.05, 0) is 20.8 Å².